The predicted octanol–water partition coefficient (Wildman–Crippen LogP) is 1.32. The molecular formula is C13H17N3O5. The first kappa shape index (κ1) is 16.4. The number of rotatable bonds is 6. The van der Waals surface area contributed by atoms with E-state index in [-0.39, 0.29) is 29.5 Å². The van der Waals surface area contributed by atoms with Gasteiger partial charge in [0.1, 0.15) is 11.7 Å². The van der Waals surface area contributed by atoms with Gasteiger partial charge >= 0.3 is 5.97 Å². The van der Waals surface area contributed by atoms with Crippen LogP contribution in [0, 0.1) is 10.1 Å². The number of carbonyl (C=O) groups excluding carboxylic acids is 2. The molecule has 0 fully saturated rings. The van der Waals surface area contributed by atoms with Crippen LogP contribution in [0.15, 0.2) is 18.2 Å². The predicted molar refractivity (Wildman–Crippen MR) is 76.2 cm³/mol. The standard InChI is InChI=1S/C13H17N3O5/c1-4-21-13(18)8(2)15-10-7-9(12(17)14-3)5-6-11(10)16(19)20/h5-8,15H,4H2,1-3H3,(H,14,17). The van der Waals surface area contributed by atoms with Crippen molar-refractivity contribution in [3.05, 3.63) is 33.9 Å². The van der Waals surface area contributed by atoms with Crippen LogP contribution in [0.1, 0.15) is 24.2 Å². The molecular weight excluding hydrogens is 278 g/mol. The van der Waals surface area contributed by atoms with Gasteiger partial charge in [-0.05, 0) is 26.0 Å². The highest BCUT2D eigenvalue weighted by Gasteiger charge is 2.21. The monoisotopic (exact) mass is 295 g/mol. The number of amides is 1. The number of hydrogen-bond acceptors (Lipinski definition) is 6. The number of nitrogens with zero attached hydrogens (tertiary/aromatic N) is 1. The van der Waals surface area contributed by atoms with Crippen LogP contribution in [0.4, 0.5) is 11.4 Å². The number of esters is 1. The van der Waals surface area contributed by atoms with E-state index in [1.807, 2.05) is 0 Å². The van der Waals surface area contributed by atoms with Crippen LogP contribution < -0.4 is 10.6 Å². The van der Waals surface area contributed by atoms with Crippen molar-refractivity contribution in [2.75, 3.05) is 19.0 Å². The Labute approximate surface area is 121 Å². The summed E-state index contributed by atoms with van der Waals surface area (Å²) >= 11 is 0. The number of nitro benzene ring substituents is 1. The molecule has 0 aromatic heterocycles. The molecule has 1 atom stereocenters. The third-order valence-electron chi connectivity index (χ3n) is 2.69. The minimum atomic E-state index is -0.774. The number of hydrogen-bond donors (Lipinski definition) is 2. The lowest BCUT2D eigenvalue weighted by Crippen LogP contribution is -2.28. The van der Waals surface area contributed by atoms with Crippen molar-refractivity contribution in [3.63, 3.8) is 0 Å². The van der Waals surface area contributed by atoms with Gasteiger partial charge in [-0.3, -0.25) is 14.9 Å². The largest absolute Gasteiger partial charge is 0.464 e. The topological polar surface area (TPSA) is 111 Å². The third-order valence-corrected chi connectivity index (χ3v) is 2.69. The molecule has 0 aliphatic rings. The molecule has 21 heavy (non-hydrogen) atoms. The zero-order valence-corrected chi connectivity index (χ0v) is 12.0. The second-order valence-electron chi connectivity index (χ2n) is 4.19. The van der Waals surface area contributed by atoms with E-state index >= 15 is 0 Å². The second kappa shape index (κ2) is 7.22. The number of benzene rings is 1. The first-order valence-electron chi connectivity index (χ1n) is 6.34. The maximum Gasteiger partial charge on any atom is 0.328 e. The van der Waals surface area contributed by atoms with Gasteiger partial charge in [0.25, 0.3) is 11.6 Å². The normalized spacial score (nSPS) is 11.4. The molecule has 1 aromatic carbocycles. The molecule has 0 bridgehead atoms. The van der Waals surface area contributed by atoms with Crippen molar-refractivity contribution in [2.45, 2.75) is 19.9 Å². The number of carbonyl (C=O) groups is 2. The summed E-state index contributed by atoms with van der Waals surface area (Å²) in [7, 11) is 1.46. The molecule has 0 saturated heterocycles. The van der Waals surface area contributed by atoms with E-state index in [1.165, 1.54) is 32.2 Å². The molecule has 8 nitrogen and oxygen atoms in total. The minimum absolute atomic E-state index is 0.0849. The molecule has 0 spiro atoms. The minimum Gasteiger partial charge on any atom is -0.464 e. The van der Waals surface area contributed by atoms with Crippen molar-refractivity contribution < 1.29 is 19.2 Å². The Morgan fingerprint density at radius 2 is 2.10 bits per heavy atom. The van der Waals surface area contributed by atoms with Gasteiger partial charge in [-0.2, -0.15) is 0 Å². The molecule has 0 aliphatic carbocycles. The van der Waals surface area contributed by atoms with Gasteiger partial charge in [0.05, 0.1) is 11.5 Å². The Bertz CT molecular complexity index is 559. The lowest BCUT2D eigenvalue weighted by Gasteiger charge is -2.14. The van der Waals surface area contributed by atoms with Crippen molar-refractivity contribution in [1.82, 2.24) is 5.32 Å². The molecule has 1 rings (SSSR count). The van der Waals surface area contributed by atoms with Gasteiger partial charge in [0, 0.05) is 18.7 Å². The van der Waals surface area contributed by atoms with Gasteiger partial charge in [0.15, 0.2) is 0 Å². The van der Waals surface area contributed by atoms with Crippen LogP contribution >= 0.6 is 0 Å². The number of ether oxygens (including phenoxy) is 1. The van der Waals surface area contributed by atoms with Crippen LogP contribution in [0.25, 0.3) is 0 Å². The fourth-order valence-electron chi connectivity index (χ4n) is 1.66. The van der Waals surface area contributed by atoms with Gasteiger partial charge in [0.2, 0.25) is 0 Å². The third kappa shape index (κ3) is 4.16. The molecule has 1 amide bonds. The molecule has 2 N–H and O–H groups in total. The Morgan fingerprint density at radius 3 is 2.62 bits per heavy atom. The molecule has 0 radical (unpaired) electrons. The fourth-order valence-corrected chi connectivity index (χ4v) is 1.66. The molecule has 114 valence electrons. The lowest BCUT2D eigenvalue weighted by atomic mass is 10.1. The molecule has 1 aromatic rings. The quantitative estimate of drug-likeness (QED) is 0.465. The Hall–Kier alpha value is -2.64. The van der Waals surface area contributed by atoms with Gasteiger partial charge in [-0.15, -0.1) is 0 Å². The Morgan fingerprint density at radius 1 is 1.43 bits per heavy atom. The van der Waals surface area contributed by atoms with Crippen LogP contribution in [0.3, 0.4) is 0 Å². The van der Waals surface area contributed by atoms with Gasteiger partial charge in [-0.1, -0.05) is 0 Å². The molecule has 0 heterocycles. The van der Waals surface area contributed by atoms with Crippen molar-refractivity contribution in [3.8, 4) is 0 Å². The average molecular weight is 295 g/mol. The summed E-state index contributed by atoms with van der Waals surface area (Å²) in [6, 6.07) is 3.11. The molecule has 1 unspecified atom stereocenters. The van der Waals surface area contributed by atoms with Crippen molar-refractivity contribution >= 4 is 23.3 Å². The highest BCUT2D eigenvalue weighted by Crippen LogP contribution is 2.26. The van der Waals surface area contributed by atoms with E-state index < -0.39 is 16.9 Å². The highest BCUT2D eigenvalue weighted by molar-refractivity contribution is 5.96. The Kier molecular flexibility index (Phi) is 5.65. The number of anilines is 1. The first-order valence-corrected chi connectivity index (χ1v) is 6.34. The van der Waals surface area contributed by atoms with Crippen LogP contribution in [0.2, 0.25) is 0 Å². The second-order valence-corrected chi connectivity index (χ2v) is 4.19. The average Bonchev–Trinajstić information content (AvgIpc) is 2.46. The van der Waals surface area contributed by atoms with E-state index in [1.54, 1.807) is 6.92 Å². The van der Waals surface area contributed by atoms with Crippen molar-refractivity contribution in [1.29, 1.82) is 0 Å². The number of nitrogens with one attached hydrogen (secondary N) is 2. The van der Waals surface area contributed by atoms with E-state index in [0.717, 1.165) is 0 Å². The smallest absolute Gasteiger partial charge is 0.328 e. The summed E-state index contributed by atoms with van der Waals surface area (Å²) in [5, 5.41) is 16.1. The first-order chi connectivity index (χ1) is 9.90. The summed E-state index contributed by atoms with van der Waals surface area (Å²) in [6.07, 6.45) is 0. The van der Waals surface area contributed by atoms with Gasteiger partial charge in [-0.25, -0.2) is 4.79 Å². The fraction of sp³-hybridized carbons (Fsp3) is 0.385. The maximum atomic E-state index is 11.6. The highest BCUT2D eigenvalue weighted by atomic mass is 16.6. The SMILES string of the molecule is CCOC(=O)C(C)Nc1cc(C(=O)NC)ccc1[N+](=O)[O-]. The summed E-state index contributed by atoms with van der Waals surface area (Å²) in [4.78, 5) is 33.5. The summed E-state index contributed by atoms with van der Waals surface area (Å²) in [5.41, 5.74) is 0.113. The molecule has 0 aliphatic heterocycles. The van der Waals surface area contributed by atoms with Crippen LogP contribution in [0.5, 0.6) is 0 Å². The maximum absolute atomic E-state index is 11.6. The lowest BCUT2D eigenvalue weighted by molar-refractivity contribution is -0.384. The van der Waals surface area contributed by atoms with E-state index in [0.29, 0.717) is 0 Å². The van der Waals surface area contributed by atoms with Gasteiger partial charge < -0.3 is 15.4 Å². The number of nitro groups is 1. The summed E-state index contributed by atoms with van der Waals surface area (Å²) in [5.74, 6) is -0.908. The summed E-state index contributed by atoms with van der Waals surface area (Å²) in [6.45, 7) is 3.40. The molecule has 0 saturated carbocycles. The van der Waals surface area contributed by atoms with E-state index in [9.17, 15) is 19.7 Å². The zero-order valence-electron chi connectivity index (χ0n) is 12.0. The van der Waals surface area contributed by atoms with Crippen LogP contribution in [-0.4, -0.2) is 36.5 Å². The Balaban J connectivity index is 3.09. The molecule has 8 heteroatoms. The van der Waals surface area contributed by atoms with E-state index in [4.69, 9.17) is 4.74 Å². The van der Waals surface area contributed by atoms with E-state index in [2.05, 4.69) is 10.6 Å². The van der Waals surface area contributed by atoms with Crippen molar-refractivity contribution in [2.24, 2.45) is 0 Å². The zero-order chi connectivity index (χ0) is 16.0. The summed E-state index contributed by atoms with van der Waals surface area (Å²) < 4.78 is 4.82. The van der Waals surface area contributed by atoms with Crippen LogP contribution in [-0.2, 0) is 9.53 Å².